The zero-order valence-corrected chi connectivity index (χ0v) is 15.9. The number of ether oxygens (including phenoxy) is 1. The second kappa shape index (κ2) is 8.07. The van der Waals surface area contributed by atoms with Crippen LogP contribution in [0, 0.1) is 0 Å². The van der Waals surface area contributed by atoms with E-state index in [1.165, 1.54) is 11.3 Å². The molecule has 0 aliphatic carbocycles. The number of anilines is 2. The molecule has 2 N–H and O–H groups in total. The lowest BCUT2D eigenvalue weighted by Gasteiger charge is -2.03. The third-order valence-electron chi connectivity index (χ3n) is 3.28. The van der Waals surface area contributed by atoms with E-state index in [0.717, 1.165) is 4.47 Å². The third kappa shape index (κ3) is 4.44. The molecule has 0 saturated carbocycles. The molecule has 0 unspecified atom stereocenters. The van der Waals surface area contributed by atoms with E-state index in [2.05, 4.69) is 36.5 Å². The molecular formula is C17H13BrN4O3S. The average molecular weight is 433 g/mol. The molecule has 0 aliphatic heterocycles. The molecule has 3 aromatic rings. The van der Waals surface area contributed by atoms with E-state index in [-0.39, 0.29) is 11.6 Å². The summed E-state index contributed by atoms with van der Waals surface area (Å²) in [6, 6.07) is 10.1. The monoisotopic (exact) mass is 432 g/mol. The first kappa shape index (κ1) is 18.0. The molecule has 7 nitrogen and oxygen atoms in total. The summed E-state index contributed by atoms with van der Waals surface area (Å²) in [7, 11) is 1.56. The van der Waals surface area contributed by atoms with Gasteiger partial charge < -0.3 is 10.1 Å². The van der Waals surface area contributed by atoms with Crippen LogP contribution in [0.4, 0.5) is 10.9 Å². The maximum Gasteiger partial charge on any atom is 0.276 e. The zero-order chi connectivity index (χ0) is 18.5. The van der Waals surface area contributed by atoms with Crippen LogP contribution in [0.3, 0.4) is 0 Å². The Balaban J connectivity index is 1.64. The number of hydrogen-bond donors (Lipinski definition) is 2. The van der Waals surface area contributed by atoms with Crippen LogP contribution >= 0.6 is 27.3 Å². The molecule has 0 saturated heterocycles. The largest absolute Gasteiger partial charge is 0.497 e. The summed E-state index contributed by atoms with van der Waals surface area (Å²) in [6.45, 7) is 0. The van der Waals surface area contributed by atoms with Gasteiger partial charge in [0.15, 0.2) is 5.13 Å². The standard InChI is InChI=1S/C17H13BrN4O3S/c1-25-12-5-2-10(3-6-12)15(23)22-17-20-13(9-26-17)16(24)21-14-7-4-11(18)8-19-14/h2-9H,1H3,(H,19,21,24)(H,20,22,23). The van der Waals surface area contributed by atoms with E-state index < -0.39 is 5.91 Å². The fourth-order valence-corrected chi connectivity index (χ4v) is 2.90. The van der Waals surface area contributed by atoms with Crippen molar-refractivity contribution in [2.75, 3.05) is 17.7 Å². The van der Waals surface area contributed by atoms with Crippen molar-refractivity contribution in [1.29, 1.82) is 0 Å². The molecular weight excluding hydrogens is 420 g/mol. The predicted octanol–water partition coefficient (Wildman–Crippen LogP) is 3.81. The van der Waals surface area contributed by atoms with E-state index >= 15 is 0 Å². The minimum Gasteiger partial charge on any atom is -0.497 e. The van der Waals surface area contributed by atoms with Gasteiger partial charge in [-0.2, -0.15) is 0 Å². The number of nitrogens with one attached hydrogen (secondary N) is 2. The van der Waals surface area contributed by atoms with Crippen molar-refractivity contribution in [1.82, 2.24) is 9.97 Å². The summed E-state index contributed by atoms with van der Waals surface area (Å²) in [5.74, 6) is 0.357. The normalized spacial score (nSPS) is 10.2. The SMILES string of the molecule is COc1ccc(C(=O)Nc2nc(C(=O)Nc3ccc(Br)cn3)cs2)cc1. The van der Waals surface area contributed by atoms with Gasteiger partial charge in [-0.25, -0.2) is 9.97 Å². The molecule has 26 heavy (non-hydrogen) atoms. The van der Waals surface area contributed by atoms with Gasteiger partial charge in [-0.15, -0.1) is 11.3 Å². The van der Waals surface area contributed by atoms with Crippen molar-refractivity contribution in [2.24, 2.45) is 0 Å². The highest BCUT2D eigenvalue weighted by atomic mass is 79.9. The van der Waals surface area contributed by atoms with E-state index in [9.17, 15) is 9.59 Å². The number of carbonyl (C=O) groups excluding carboxylic acids is 2. The Morgan fingerprint density at radius 3 is 2.50 bits per heavy atom. The fraction of sp³-hybridized carbons (Fsp3) is 0.0588. The highest BCUT2D eigenvalue weighted by molar-refractivity contribution is 9.10. The molecule has 0 aliphatic rings. The molecule has 0 bridgehead atoms. The Morgan fingerprint density at radius 2 is 1.85 bits per heavy atom. The lowest BCUT2D eigenvalue weighted by molar-refractivity contribution is 0.101. The number of hydrogen-bond acceptors (Lipinski definition) is 6. The Hall–Kier alpha value is -2.78. The van der Waals surface area contributed by atoms with Crippen molar-refractivity contribution in [2.45, 2.75) is 0 Å². The molecule has 2 amide bonds. The number of rotatable bonds is 5. The Kier molecular flexibility index (Phi) is 5.59. The Bertz CT molecular complexity index is 926. The summed E-state index contributed by atoms with van der Waals surface area (Å²) in [6.07, 6.45) is 1.58. The number of aromatic nitrogens is 2. The Labute approximate surface area is 161 Å². The quantitative estimate of drug-likeness (QED) is 0.638. The van der Waals surface area contributed by atoms with Gasteiger partial charge >= 0.3 is 0 Å². The van der Waals surface area contributed by atoms with Gasteiger partial charge in [0.25, 0.3) is 11.8 Å². The van der Waals surface area contributed by atoms with Crippen LogP contribution in [0.15, 0.2) is 52.4 Å². The van der Waals surface area contributed by atoms with Crippen LogP contribution in [0.1, 0.15) is 20.8 Å². The van der Waals surface area contributed by atoms with Crippen LogP contribution in [-0.4, -0.2) is 28.9 Å². The summed E-state index contributed by atoms with van der Waals surface area (Å²) in [5.41, 5.74) is 0.663. The number of carbonyl (C=O) groups is 2. The lowest BCUT2D eigenvalue weighted by Crippen LogP contribution is -2.14. The fourth-order valence-electron chi connectivity index (χ4n) is 1.98. The van der Waals surface area contributed by atoms with Gasteiger partial charge in [0, 0.05) is 21.6 Å². The average Bonchev–Trinajstić information content (AvgIpc) is 3.12. The molecule has 0 radical (unpaired) electrons. The van der Waals surface area contributed by atoms with E-state index in [1.807, 2.05) is 0 Å². The maximum atomic E-state index is 12.2. The third-order valence-corrected chi connectivity index (χ3v) is 4.51. The first-order valence-electron chi connectivity index (χ1n) is 7.39. The predicted molar refractivity (Wildman–Crippen MR) is 103 cm³/mol. The molecule has 2 heterocycles. The number of thiazole rings is 1. The number of nitrogens with zero attached hydrogens (tertiary/aromatic N) is 2. The van der Waals surface area contributed by atoms with Crippen LogP contribution in [-0.2, 0) is 0 Å². The summed E-state index contributed by atoms with van der Waals surface area (Å²) >= 11 is 4.44. The van der Waals surface area contributed by atoms with E-state index in [4.69, 9.17) is 4.74 Å². The molecule has 0 atom stereocenters. The van der Waals surface area contributed by atoms with Gasteiger partial charge in [-0.05, 0) is 52.3 Å². The summed E-state index contributed by atoms with van der Waals surface area (Å²) in [4.78, 5) is 32.6. The topological polar surface area (TPSA) is 93.2 Å². The molecule has 3 rings (SSSR count). The molecule has 132 valence electrons. The zero-order valence-electron chi connectivity index (χ0n) is 13.5. The molecule has 0 spiro atoms. The minimum absolute atomic E-state index is 0.199. The van der Waals surface area contributed by atoms with Crippen LogP contribution in [0.5, 0.6) is 5.75 Å². The van der Waals surface area contributed by atoms with Gasteiger partial charge in [0.1, 0.15) is 17.3 Å². The van der Waals surface area contributed by atoms with Crippen LogP contribution in [0.2, 0.25) is 0 Å². The van der Waals surface area contributed by atoms with Gasteiger partial charge in [-0.3, -0.25) is 14.9 Å². The first-order valence-corrected chi connectivity index (χ1v) is 9.06. The number of pyridine rings is 1. The van der Waals surface area contributed by atoms with Gasteiger partial charge in [0.2, 0.25) is 0 Å². The van der Waals surface area contributed by atoms with Gasteiger partial charge in [0.05, 0.1) is 7.11 Å². The lowest BCUT2D eigenvalue weighted by atomic mass is 10.2. The van der Waals surface area contributed by atoms with E-state index in [0.29, 0.717) is 22.3 Å². The second-order valence-electron chi connectivity index (χ2n) is 5.04. The van der Waals surface area contributed by atoms with Crippen molar-refractivity contribution in [3.8, 4) is 5.75 Å². The Morgan fingerprint density at radius 1 is 1.08 bits per heavy atom. The summed E-state index contributed by atoms with van der Waals surface area (Å²) in [5, 5.41) is 7.21. The number of methoxy groups -OCH3 is 1. The molecule has 1 aromatic carbocycles. The van der Waals surface area contributed by atoms with Gasteiger partial charge in [-0.1, -0.05) is 0 Å². The summed E-state index contributed by atoms with van der Waals surface area (Å²) < 4.78 is 5.87. The van der Waals surface area contributed by atoms with Crippen molar-refractivity contribution < 1.29 is 14.3 Å². The van der Waals surface area contributed by atoms with Crippen LogP contribution < -0.4 is 15.4 Å². The minimum atomic E-state index is -0.402. The first-order chi connectivity index (χ1) is 12.5. The molecule has 0 fully saturated rings. The number of amides is 2. The van der Waals surface area contributed by atoms with Crippen LogP contribution in [0.25, 0.3) is 0 Å². The highest BCUT2D eigenvalue weighted by Gasteiger charge is 2.14. The molecule has 2 aromatic heterocycles. The number of benzene rings is 1. The maximum absolute atomic E-state index is 12.2. The smallest absolute Gasteiger partial charge is 0.276 e. The molecule has 9 heteroatoms. The van der Waals surface area contributed by atoms with Crippen molar-refractivity contribution in [3.63, 3.8) is 0 Å². The second-order valence-corrected chi connectivity index (χ2v) is 6.81. The number of halogens is 1. The van der Waals surface area contributed by atoms with Crippen molar-refractivity contribution in [3.05, 3.63) is 63.7 Å². The van der Waals surface area contributed by atoms with E-state index in [1.54, 1.807) is 55.1 Å². The van der Waals surface area contributed by atoms with Crippen molar-refractivity contribution >= 4 is 50.0 Å². The highest BCUT2D eigenvalue weighted by Crippen LogP contribution is 2.19.